The topological polar surface area (TPSA) is 12.0 Å². The number of nitrogens with one attached hydrogen (secondary N) is 1. The van der Waals surface area contributed by atoms with Crippen molar-refractivity contribution in [1.82, 2.24) is 5.32 Å². The molecule has 2 heteroatoms. The molecule has 0 amide bonds. The van der Waals surface area contributed by atoms with Crippen LogP contribution in [0, 0.1) is 0 Å². The van der Waals surface area contributed by atoms with Crippen molar-refractivity contribution in [2.75, 3.05) is 13.1 Å². The molecule has 1 radical (unpaired) electrons. The first-order chi connectivity index (χ1) is 7.00. The monoisotopic (exact) mass is 260 g/mol. The molecule has 95 valence electrons. The minimum absolute atomic E-state index is 0. The fourth-order valence-electron chi connectivity index (χ4n) is 2.22. The molecule has 1 nitrogen and oxygen atoms in total. The van der Waals surface area contributed by atoms with Gasteiger partial charge in [0.1, 0.15) is 0 Å². The Morgan fingerprint density at radius 2 is 0.667 bits per heavy atom. The SMILES string of the molecule is C1CCCCCCNCCCCCC1.[Cu]. The van der Waals surface area contributed by atoms with Crippen molar-refractivity contribution in [1.29, 1.82) is 0 Å². The first kappa shape index (κ1) is 15.5. The molecule has 1 saturated heterocycles. The van der Waals surface area contributed by atoms with Gasteiger partial charge in [-0.2, -0.15) is 0 Å². The van der Waals surface area contributed by atoms with Crippen LogP contribution in [0.15, 0.2) is 0 Å². The van der Waals surface area contributed by atoms with Crippen LogP contribution in [0.2, 0.25) is 0 Å². The zero-order valence-electron chi connectivity index (χ0n) is 9.99. The molecule has 1 N–H and O–H groups in total. The normalized spacial score (nSPS) is 22.4. The van der Waals surface area contributed by atoms with Gasteiger partial charge in [-0.1, -0.05) is 57.8 Å². The second-order valence-electron chi connectivity index (χ2n) is 4.64. The summed E-state index contributed by atoms with van der Waals surface area (Å²) in [6.07, 6.45) is 16.0. The molecule has 0 atom stereocenters. The fourth-order valence-corrected chi connectivity index (χ4v) is 2.22. The first-order valence-electron chi connectivity index (χ1n) is 6.71. The standard InChI is InChI=1S/C13H27N.Cu/c1-2-4-6-8-10-12-14-13-11-9-7-5-3-1;/h14H,1-13H2;. The molecule has 1 fully saturated rings. The third-order valence-corrected chi connectivity index (χ3v) is 3.21. The van der Waals surface area contributed by atoms with E-state index in [0.717, 1.165) is 0 Å². The Labute approximate surface area is 106 Å². The Morgan fingerprint density at radius 1 is 0.400 bits per heavy atom. The van der Waals surface area contributed by atoms with Gasteiger partial charge in [0, 0.05) is 17.1 Å². The summed E-state index contributed by atoms with van der Waals surface area (Å²) in [4.78, 5) is 0. The molecule has 1 heterocycles. The maximum atomic E-state index is 3.54. The van der Waals surface area contributed by atoms with Crippen LogP contribution < -0.4 is 5.32 Å². The van der Waals surface area contributed by atoms with Crippen LogP contribution in [-0.2, 0) is 17.1 Å². The second kappa shape index (κ2) is 12.5. The average molecular weight is 261 g/mol. The summed E-state index contributed by atoms with van der Waals surface area (Å²) in [5.41, 5.74) is 0. The molecule has 0 aliphatic carbocycles. The van der Waals surface area contributed by atoms with Crippen LogP contribution in [0.1, 0.15) is 70.6 Å². The third-order valence-electron chi connectivity index (χ3n) is 3.21. The van der Waals surface area contributed by atoms with Gasteiger partial charge in [0.15, 0.2) is 0 Å². The van der Waals surface area contributed by atoms with Gasteiger partial charge in [0.05, 0.1) is 0 Å². The van der Waals surface area contributed by atoms with Gasteiger partial charge in [0.2, 0.25) is 0 Å². The van der Waals surface area contributed by atoms with Gasteiger partial charge in [-0.3, -0.25) is 0 Å². The van der Waals surface area contributed by atoms with Crippen LogP contribution in [0.3, 0.4) is 0 Å². The summed E-state index contributed by atoms with van der Waals surface area (Å²) in [6, 6.07) is 0. The molecule has 0 aromatic rings. The van der Waals surface area contributed by atoms with Crippen LogP contribution in [0.25, 0.3) is 0 Å². The van der Waals surface area contributed by atoms with Crippen LogP contribution in [0.5, 0.6) is 0 Å². The average Bonchev–Trinajstić information content (AvgIpc) is 2.22. The summed E-state index contributed by atoms with van der Waals surface area (Å²) >= 11 is 0. The molecule has 0 saturated carbocycles. The van der Waals surface area contributed by atoms with E-state index in [1.54, 1.807) is 0 Å². The first-order valence-corrected chi connectivity index (χ1v) is 6.71. The van der Waals surface area contributed by atoms with Gasteiger partial charge >= 0.3 is 0 Å². The van der Waals surface area contributed by atoms with Gasteiger partial charge in [0.25, 0.3) is 0 Å². The van der Waals surface area contributed by atoms with E-state index in [1.165, 1.54) is 83.7 Å². The van der Waals surface area contributed by atoms with E-state index in [2.05, 4.69) is 5.32 Å². The molecule has 0 aromatic heterocycles. The van der Waals surface area contributed by atoms with Crippen molar-refractivity contribution < 1.29 is 17.1 Å². The van der Waals surface area contributed by atoms with E-state index in [1.807, 2.05) is 0 Å². The Morgan fingerprint density at radius 3 is 1.00 bits per heavy atom. The summed E-state index contributed by atoms with van der Waals surface area (Å²) < 4.78 is 0. The van der Waals surface area contributed by atoms with E-state index in [-0.39, 0.29) is 17.1 Å². The van der Waals surface area contributed by atoms with Crippen LogP contribution in [-0.4, -0.2) is 13.1 Å². The largest absolute Gasteiger partial charge is 0.317 e. The number of rotatable bonds is 0. The van der Waals surface area contributed by atoms with E-state index in [0.29, 0.717) is 0 Å². The van der Waals surface area contributed by atoms with Crippen LogP contribution in [0.4, 0.5) is 0 Å². The van der Waals surface area contributed by atoms with Gasteiger partial charge in [-0.05, 0) is 25.9 Å². The summed E-state index contributed by atoms with van der Waals surface area (Å²) in [5.74, 6) is 0. The minimum Gasteiger partial charge on any atom is -0.317 e. The molecule has 1 rings (SSSR count). The van der Waals surface area contributed by atoms with Crippen LogP contribution >= 0.6 is 0 Å². The molecule has 0 spiro atoms. The van der Waals surface area contributed by atoms with Crippen molar-refractivity contribution >= 4 is 0 Å². The number of hydrogen-bond donors (Lipinski definition) is 1. The Hall–Kier alpha value is 0.479. The maximum Gasteiger partial charge on any atom is 0 e. The van der Waals surface area contributed by atoms with Gasteiger partial charge < -0.3 is 5.32 Å². The fraction of sp³-hybridized carbons (Fsp3) is 1.00. The zero-order valence-corrected chi connectivity index (χ0v) is 10.9. The Bertz CT molecular complexity index is 63.8. The predicted molar refractivity (Wildman–Crippen MR) is 63.7 cm³/mol. The quantitative estimate of drug-likeness (QED) is 0.652. The molecule has 0 unspecified atom stereocenters. The molecule has 1 aliphatic rings. The molecule has 15 heavy (non-hydrogen) atoms. The van der Waals surface area contributed by atoms with Gasteiger partial charge in [-0.25, -0.2) is 0 Å². The molecular weight excluding hydrogens is 234 g/mol. The van der Waals surface area contributed by atoms with Crippen molar-refractivity contribution in [2.24, 2.45) is 0 Å². The van der Waals surface area contributed by atoms with Crippen molar-refractivity contribution in [2.45, 2.75) is 70.6 Å². The summed E-state index contributed by atoms with van der Waals surface area (Å²) in [5, 5.41) is 3.54. The Kier molecular flexibility index (Phi) is 12.9. The zero-order chi connectivity index (χ0) is 9.90. The minimum atomic E-state index is 0. The second-order valence-corrected chi connectivity index (χ2v) is 4.64. The Balaban J connectivity index is 0.00000196. The molecular formula is C13H27CuN. The summed E-state index contributed by atoms with van der Waals surface area (Å²) in [7, 11) is 0. The van der Waals surface area contributed by atoms with Crippen molar-refractivity contribution in [3.63, 3.8) is 0 Å². The van der Waals surface area contributed by atoms with Crippen molar-refractivity contribution in [3.05, 3.63) is 0 Å². The van der Waals surface area contributed by atoms with E-state index in [4.69, 9.17) is 0 Å². The van der Waals surface area contributed by atoms with E-state index >= 15 is 0 Å². The van der Waals surface area contributed by atoms with Gasteiger partial charge in [-0.15, -0.1) is 0 Å². The summed E-state index contributed by atoms with van der Waals surface area (Å²) in [6.45, 7) is 2.50. The number of hydrogen-bond acceptors (Lipinski definition) is 1. The predicted octanol–water partition coefficient (Wildman–Crippen LogP) is 3.88. The maximum absolute atomic E-state index is 3.54. The molecule has 0 aromatic carbocycles. The smallest absolute Gasteiger partial charge is 0 e. The third kappa shape index (κ3) is 10.8. The van der Waals surface area contributed by atoms with Crippen molar-refractivity contribution in [3.8, 4) is 0 Å². The van der Waals surface area contributed by atoms with E-state index in [9.17, 15) is 0 Å². The molecule has 0 bridgehead atoms. The van der Waals surface area contributed by atoms with E-state index < -0.39 is 0 Å². The molecule has 1 aliphatic heterocycles.